The topological polar surface area (TPSA) is 83.6 Å². The van der Waals surface area contributed by atoms with Crippen LogP contribution in [0.2, 0.25) is 0 Å². The second-order valence-corrected chi connectivity index (χ2v) is 6.53. The number of hydrogen-bond acceptors (Lipinski definition) is 3. The van der Waals surface area contributed by atoms with Gasteiger partial charge in [0.15, 0.2) is 0 Å². The minimum Gasteiger partial charge on any atom is -0.481 e. The molecule has 0 radical (unpaired) electrons. The molecule has 1 rings (SSSR count). The highest BCUT2D eigenvalue weighted by atomic mass is 16.4. The van der Waals surface area contributed by atoms with Crippen molar-refractivity contribution in [1.29, 1.82) is 0 Å². The van der Waals surface area contributed by atoms with Crippen LogP contribution in [0.4, 0.5) is 0 Å². The lowest BCUT2D eigenvalue weighted by molar-refractivity contribution is -0.146. The molecule has 122 valence electrons. The van der Waals surface area contributed by atoms with Crippen LogP contribution in [-0.4, -0.2) is 41.0 Å². The molecule has 0 aromatic carbocycles. The molecule has 1 amide bonds. The van der Waals surface area contributed by atoms with E-state index in [2.05, 4.69) is 6.92 Å². The Hall–Kier alpha value is -1.10. The van der Waals surface area contributed by atoms with Gasteiger partial charge in [-0.2, -0.15) is 0 Å². The molecule has 0 aromatic heterocycles. The molecule has 0 heterocycles. The fourth-order valence-electron chi connectivity index (χ4n) is 3.35. The second-order valence-electron chi connectivity index (χ2n) is 6.53. The molecule has 1 atom stereocenters. The predicted molar refractivity (Wildman–Crippen MR) is 82.9 cm³/mol. The van der Waals surface area contributed by atoms with Gasteiger partial charge in [0.1, 0.15) is 0 Å². The highest BCUT2D eigenvalue weighted by molar-refractivity contribution is 5.78. The second kappa shape index (κ2) is 8.37. The number of nitrogens with zero attached hydrogens (tertiary/aromatic N) is 1. The summed E-state index contributed by atoms with van der Waals surface area (Å²) >= 11 is 0. The van der Waals surface area contributed by atoms with Gasteiger partial charge in [-0.15, -0.1) is 0 Å². The Kier molecular flexibility index (Phi) is 7.15. The lowest BCUT2D eigenvalue weighted by atomic mass is 9.78. The van der Waals surface area contributed by atoms with Crippen molar-refractivity contribution in [1.82, 2.24) is 4.90 Å². The molecular formula is C16H30N2O3. The van der Waals surface area contributed by atoms with Crippen molar-refractivity contribution in [2.45, 2.75) is 70.3 Å². The molecule has 0 aromatic rings. The number of carbonyl (C=O) groups excluding carboxylic acids is 1. The number of aliphatic carboxylic acids is 1. The fourth-order valence-corrected chi connectivity index (χ4v) is 3.35. The number of nitrogens with two attached hydrogens (primary N) is 1. The van der Waals surface area contributed by atoms with E-state index in [-0.39, 0.29) is 12.3 Å². The molecular weight excluding hydrogens is 268 g/mol. The van der Waals surface area contributed by atoms with Gasteiger partial charge in [0.2, 0.25) is 5.91 Å². The lowest BCUT2D eigenvalue weighted by Crippen LogP contribution is -2.52. The monoisotopic (exact) mass is 298 g/mol. The standard InChI is InChI=1S/C16H30N2O3/c1-13(8-11-17)6-7-14(19)18(2)16(12-15(20)21)9-4-3-5-10-16/h13H,3-12,17H2,1-2H3,(H,20,21). The lowest BCUT2D eigenvalue weighted by Gasteiger charge is -2.44. The molecule has 5 nitrogen and oxygen atoms in total. The zero-order valence-corrected chi connectivity index (χ0v) is 13.4. The van der Waals surface area contributed by atoms with Gasteiger partial charge in [0, 0.05) is 13.5 Å². The van der Waals surface area contributed by atoms with E-state index in [4.69, 9.17) is 5.73 Å². The van der Waals surface area contributed by atoms with Crippen LogP contribution in [0.15, 0.2) is 0 Å². The summed E-state index contributed by atoms with van der Waals surface area (Å²) < 4.78 is 0. The average molecular weight is 298 g/mol. The van der Waals surface area contributed by atoms with E-state index >= 15 is 0 Å². The van der Waals surface area contributed by atoms with Crippen molar-refractivity contribution in [2.24, 2.45) is 11.7 Å². The van der Waals surface area contributed by atoms with Gasteiger partial charge in [0.25, 0.3) is 0 Å². The van der Waals surface area contributed by atoms with E-state index in [0.717, 1.165) is 44.9 Å². The third-order valence-corrected chi connectivity index (χ3v) is 4.86. The van der Waals surface area contributed by atoms with E-state index in [9.17, 15) is 14.7 Å². The van der Waals surface area contributed by atoms with E-state index in [1.54, 1.807) is 11.9 Å². The van der Waals surface area contributed by atoms with Crippen LogP contribution >= 0.6 is 0 Å². The summed E-state index contributed by atoms with van der Waals surface area (Å²) in [4.78, 5) is 25.4. The van der Waals surface area contributed by atoms with Crippen molar-refractivity contribution < 1.29 is 14.7 Å². The number of carboxylic acid groups (broad SMARTS) is 1. The summed E-state index contributed by atoms with van der Waals surface area (Å²) in [5, 5.41) is 9.20. The first kappa shape index (κ1) is 18.0. The summed E-state index contributed by atoms with van der Waals surface area (Å²) in [5.74, 6) is -0.302. The molecule has 21 heavy (non-hydrogen) atoms. The largest absolute Gasteiger partial charge is 0.481 e. The molecule has 0 aliphatic heterocycles. The normalized spacial score (nSPS) is 19.0. The van der Waals surface area contributed by atoms with Crippen molar-refractivity contribution in [2.75, 3.05) is 13.6 Å². The maximum Gasteiger partial charge on any atom is 0.305 e. The van der Waals surface area contributed by atoms with Crippen LogP contribution in [0.3, 0.4) is 0 Å². The van der Waals surface area contributed by atoms with Gasteiger partial charge in [0.05, 0.1) is 12.0 Å². The average Bonchev–Trinajstić information content (AvgIpc) is 2.44. The Morgan fingerprint density at radius 1 is 1.24 bits per heavy atom. The smallest absolute Gasteiger partial charge is 0.305 e. The Morgan fingerprint density at radius 2 is 1.86 bits per heavy atom. The van der Waals surface area contributed by atoms with Gasteiger partial charge < -0.3 is 15.7 Å². The van der Waals surface area contributed by atoms with Crippen LogP contribution in [0.5, 0.6) is 0 Å². The first-order valence-electron chi connectivity index (χ1n) is 8.10. The Morgan fingerprint density at radius 3 is 2.38 bits per heavy atom. The highest BCUT2D eigenvalue weighted by Gasteiger charge is 2.40. The zero-order valence-electron chi connectivity index (χ0n) is 13.4. The van der Waals surface area contributed by atoms with E-state index in [0.29, 0.717) is 18.9 Å². The molecule has 3 N–H and O–H groups in total. The number of amides is 1. The Balaban J connectivity index is 2.64. The minimum atomic E-state index is -0.812. The van der Waals surface area contributed by atoms with Crippen LogP contribution in [0.1, 0.15) is 64.7 Å². The molecule has 0 saturated heterocycles. The number of carboxylic acids is 1. The summed E-state index contributed by atoms with van der Waals surface area (Å²) in [6.45, 7) is 2.75. The quantitative estimate of drug-likeness (QED) is 0.720. The maximum absolute atomic E-state index is 12.4. The number of carbonyl (C=O) groups is 2. The van der Waals surface area contributed by atoms with Crippen LogP contribution in [0.25, 0.3) is 0 Å². The van der Waals surface area contributed by atoms with Gasteiger partial charge >= 0.3 is 5.97 Å². The van der Waals surface area contributed by atoms with Gasteiger partial charge in [-0.3, -0.25) is 9.59 Å². The van der Waals surface area contributed by atoms with Crippen molar-refractivity contribution >= 4 is 11.9 Å². The summed E-state index contributed by atoms with van der Waals surface area (Å²) in [6.07, 6.45) is 7.06. The van der Waals surface area contributed by atoms with Crippen LogP contribution in [-0.2, 0) is 9.59 Å². The van der Waals surface area contributed by atoms with Crippen LogP contribution in [0, 0.1) is 5.92 Å². The summed E-state index contributed by atoms with van der Waals surface area (Å²) in [7, 11) is 1.78. The minimum absolute atomic E-state index is 0.0631. The summed E-state index contributed by atoms with van der Waals surface area (Å²) in [6, 6.07) is 0. The highest BCUT2D eigenvalue weighted by Crippen LogP contribution is 2.36. The molecule has 5 heteroatoms. The molecule has 0 bridgehead atoms. The Labute approximate surface area is 127 Å². The molecule has 0 spiro atoms. The third kappa shape index (κ3) is 5.30. The van der Waals surface area contributed by atoms with Gasteiger partial charge in [-0.1, -0.05) is 26.2 Å². The SMILES string of the molecule is CC(CCN)CCC(=O)N(C)C1(CC(=O)O)CCCCC1. The van der Waals surface area contributed by atoms with Crippen molar-refractivity contribution in [3.05, 3.63) is 0 Å². The number of rotatable bonds is 8. The Bertz CT molecular complexity index is 351. The van der Waals surface area contributed by atoms with Gasteiger partial charge in [-0.05, 0) is 38.1 Å². The first-order valence-corrected chi connectivity index (χ1v) is 8.10. The van der Waals surface area contributed by atoms with E-state index in [1.165, 1.54) is 0 Å². The van der Waals surface area contributed by atoms with E-state index < -0.39 is 11.5 Å². The zero-order chi connectivity index (χ0) is 15.9. The van der Waals surface area contributed by atoms with Gasteiger partial charge in [-0.25, -0.2) is 0 Å². The molecule has 1 aliphatic rings. The van der Waals surface area contributed by atoms with Crippen molar-refractivity contribution in [3.63, 3.8) is 0 Å². The first-order chi connectivity index (χ1) is 9.91. The molecule has 1 unspecified atom stereocenters. The predicted octanol–water partition coefficient (Wildman–Crippen LogP) is 2.39. The number of hydrogen-bond donors (Lipinski definition) is 2. The fraction of sp³-hybridized carbons (Fsp3) is 0.875. The van der Waals surface area contributed by atoms with Crippen molar-refractivity contribution in [3.8, 4) is 0 Å². The maximum atomic E-state index is 12.4. The molecule has 1 aliphatic carbocycles. The van der Waals surface area contributed by atoms with Crippen LogP contribution < -0.4 is 5.73 Å². The molecule has 1 fully saturated rings. The summed E-state index contributed by atoms with van der Waals surface area (Å²) in [5.41, 5.74) is 5.05. The third-order valence-electron chi connectivity index (χ3n) is 4.86. The van der Waals surface area contributed by atoms with E-state index in [1.807, 2.05) is 0 Å². The molecule has 1 saturated carbocycles.